The molecule has 1 aliphatic carbocycles. The zero-order valence-corrected chi connectivity index (χ0v) is 11.7. The van der Waals surface area contributed by atoms with Gasteiger partial charge >= 0.3 is 5.97 Å². The van der Waals surface area contributed by atoms with Crippen LogP contribution in [0.2, 0.25) is 0 Å². The number of ether oxygens (including phenoxy) is 1. The second-order valence-corrected chi connectivity index (χ2v) is 5.10. The number of hydrogen-bond acceptors (Lipinski definition) is 7. The summed E-state index contributed by atoms with van der Waals surface area (Å²) >= 11 is 0. The van der Waals surface area contributed by atoms with Crippen LogP contribution < -0.4 is 0 Å². The average Bonchev–Trinajstić information content (AvgIpc) is 3.20. The van der Waals surface area contributed by atoms with Crippen molar-refractivity contribution in [1.29, 1.82) is 0 Å². The molecule has 0 aliphatic heterocycles. The number of nitrogens with zero attached hydrogens (tertiary/aromatic N) is 4. The molecule has 0 amide bonds. The first-order chi connectivity index (χ1) is 10.3. The van der Waals surface area contributed by atoms with Crippen LogP contribution in [-0.2, 0) is 9.53 Å². The van der Waals surface area contributed by atoms with Gasteiger partial charge in [-0.2, -0.15) is 4.98 Å². The Morgan fingerprint density at radius 2 is 2.24 bits per heavy atom. The van der Waals surface area contributed by atoms with Crippen LogP contribution in [0.1, 0.15) is 37.5 Å². The Hall–Kier alpha value is -2.31. The SMILES string of the molecule is COC(=O)C(c1nc(-c2ccncn2)no1)C1CCCC1. The highest BCUT2D eigenvalue weighted by molar-refractivity contribution is 5.77. The Balaban J connectivity index is 1.89. The second-order valence-electron chi connectivity index (χ2n) is 5.10. The Morgan fingerprint density at radius 3 is 2.90 bits per heavy atom. The predicted octanol–water partition coefficient (Wildman–Crippen LogP) is 1.97. The number of hydrogen-bond donors (Lipinski definition) is 0. The van der Waals surface area contributed by atoms with Crippen LogP contribution >= 0.6 is 0 Å². The lowest BCUT2D eigenvalue weighted by atomic mass is 9.91. The first-order valence-electron chi connectivity index (χ1n) is 6.97. The molecule has 0 bridgehead atoms. The van der Waals surface area contributed by atoms with Gasteiger partial charge in [0.2, 0.25) is 11.7 Å². The van der Waals surface area contributed by atoms with Gasteiger partial charge in [0.25, 0.3) is 0 Å². The summed E-state index contributed by atoms with van der Waals surface area (Å²) in [7, 11) is 1.38. The summed E-state index contributed by atoms with van der Waals surface area (Å²) in [6.45, 7) is 0. The monoisotopic (exact) mass is 288 g/mol. The molecule has 0 aromatic carbocycles. The van der Waals surface area contributed by atoms with Gasteiger partial charge in [-0.25, -0.2) is 9.97 Å². The van der Waals surface area contributed by atoms with Gasteiger partial charge in [-0.3, -0.25) is 4.79 Å². The Morgan fingerprint density at radius 1 is 1.43 bits per heavy atom. The van der Waals surface area contributed by atoms with Crippen LogP contribution in [0.4, 0.5) is 0 Å². The Kier molecular flexibility index (Phi) is 3.89. The number of carbonyl (C=O) groups excluding carboxylic acids is 1. The molecule has 0 N–H and O–H groups in total. The molecule has 1 saturated carbocycles. The summed E-state index contributed by atoms with van der Waals surface area (Å²) in [5.74, 6) is 0.0678. The van der Waals surface area contributed by atoms with Gasteiger partial charge in [-0.1, -0.05) is 18.0 Å². The zero-order valence-electron chi connectivity index (χ0n) is 11.7. The van der Waals surface area contributed by atoms with E-state index in [4.69, 9.17) is 9.26 Å². The van der Waals surface area contributed by atoms with E-state index >= 15 is 0 Å². The molecule has 1 atom stereocenters. The molecule has 0 saturated heterocycles. The van der Waals surface area contributed by atoms with Crippen molar-refractivity contribution in [3.05, 3.63) is 24.5 Å². The van der Waals surface area contributed by atoms with Crippen molar-refractivity contribution in [3.63, 3.8) is 0 Å². The van der Waals surface area contributed by atoms with E-state index in [9.17, 15) is 4.79 Å². The Bertz CT molecular complexity index is 608. The van der Waals surface area contributed by atoms with Gasteiger partial charge in [0.15, 0.2) is 0 Å². The van der Waals surface area contributed by atoms with Crippen molar-refractivity contribution < 1.29 is 14.1 Å². The molecule has 1 fully saturated rings. The van der Waals surface area contributed by atoms with Gasteiger partial charge in [0, 0.05) is 6.20 Å². The first-order valence-corrected chi connectivity index (χ1v) is 6.97. The van der Waals surface area contributed by atoms with Crippen molar-refractivity contribution in [2.24, 2.45) is 5.92 Å². The van der Waals surface area contributed by atoms with Crippen molar-refractivity contribution in [2.45, 2.75) is 31.6 Å². The molecule has 110 valence electrons. The van der Waals surface area contributed by atoms with Gasteiger partial charge in [0.05, 0.1) is 7.11 Å². The van der Waals surface area contributed by atoms with E-state index in [1.54, 1.807) is 12.3 Å². The number of rotatable bonds is 4. The third-order valence-electron chi connectivity index (χ3n) is 3.85. The van der Waals surface area contributed by atoms with E-state index in [0.29, 0.717) is 17.4 Å². The number of esters is 1. The van der Waals surface area contributed by atoms with Crippen LogP contribution in [0.25, 0.3) is 11.5 Å². The lowest BCUT2D eigenvalue weighted by molar-refractivity contribution is -0.144. The van der Waals surface area contributed by atoms with Crippen molar-refractivity contribution in [3.8, 4) is 11.5 Å². The molecule has 3 rings (SSSR count). The highest BCUT2D eigenvalue weighted by Gasteiger charge is 2.37. The lowest BCUT2D eigenvalue weighted by Gasteiger charge is -2.16. The molecule has 2 heterocycles. The fourth-order valence-electron chi connectivity index (χ4n) is 2.80. The maximum atomic E-state index is 12.1. The molecule has 2 aromatic rings. The summed E-state index contributed by atoms with van der Waals surface area (Å²) in [6.07, 6.45) is 7.21. The quantitative estimate of drug-likeness (QED) is 0.794. The number of carbonyl (C=O) groups is 1. The number of methoxy groups -OCH3 is 1. The van der Waals surface area contributed by atoms with Crippen LogP contribution in [0.15, 0.2) is 23.1 Å². The van der Waals surface area contributed by atoms with Crippen molar-refractivity contribution >= 4 is 5.97 Å². The molecular weight excluding hydrogens is 272 g/mol. The maximum Gasteiger partial charge on any atom is 0.318 e. The third-order valence-corrected chi connectivity index (χ3v) is 3.85. The standard InChI is InChI=1S/C14H16N4O3/c1-20-14(19)11(9-4-2-3-5-9)13-17-12(18-21-13)10-6-7-15-8-16-10/h6-9,11H,2-5H2,1H3. The van der Waals surface area contributed by atoms with Gasteiger partial charge in [-0.05, 0) is 24.8 Å². The molecule has 1 aliphatic rings. The molecule has 7 nitrogen and oxygen atoms in total. The molecular formula is C14H16N4O3. The topological polar surface area (TPSA) is 91.0 Å². The average molecular weight is 288 g/mol. The third kappa shape index (κ3) is 2.76. The van der Waals surface area contributed by atoms with Crippen LogP contribution in [0, 0.1) is 5.92 Å². The summed E-state index contributed by atoms with van der Waals surface area (Å²) in [5, 5.41) is 3.91. The molecule has 1 unspecified atom stereocenters. The van der Waals surface area contributed by atoms with E-state index in [0.717, 1.165) is 25.7 Å². The smallest absolute Gasteiger partial charge is 0.318 e. The highest BCUT2D eigenvalue weighted by Crippen LogP contribution is 2.37. The summed E-state index contributed by atoms with van der Waals surface area (Å²) in [4.78, 5) is 24.3. The highest BCUT2D eigenvalue weighted by atomic mass is 16.5. The predicted molar refractivity (Wildman–Crippen MR) is 72.0 cm³/mol. The lowest BCUT2D eigenvalue weighted by Crippen LogP contribution is -2.21. The maximum absolute atomic E-state index is 12.1. The van der Waals surface area contributed by atoms with E-state index < -0.39 is 5.92 Å². The molecule has 7 heteroatoms. The van der Waals surface area contributed by atoms with E-state index in [-0.39, 0.29) is 11.9 Å². The summed E-state index contributed by atoms with van der Waals surface area (Å²) < 4.78 is 10.2. The summed E-state index contributed by atoms with van der Waals surface area (Å²) in [5.41, 5.74) is 0.565. The van der Waals surface area contributed by atoms with E-state index in [1.165, 1.54) is 13.4 Å². The fourth-order valence-corrected chi connectivity index (χ4v) is 2.80. The molecule has 0 spiro atoms. The van der Waals surface area contributed by atoms with Gasteiger partial charge in [0.1, 0.15) is 17.9 Å². The van der Waals surface area contributed by atoms with Crippen molar-refractivity contribution in [2.75, 3.05) is 7.11 Å². The second kappa shape index (κ2) is 5.99. The van der Waals surface area contributed by atoms with Crippen LogP contribution in [0.3, 0.4) is 0 Å². The molecule has 21 heavy (non-hydrogen) atoms. The normalized spacial score (nSPS) is 16.8. The minimum absolute atomic E-state index is 0.205. The minimum atomic E-state index is -0.486. The van der Waals surface area contributed by atoms with Gasteiger partial charge in [-0.15, -0.1) is 0 Å². The minimum Gasteiger partial charge on any atom is -0.468 e. The Labute approximate surface area is 121 Å². The number of aromatic nitrogens is 4. The molecule has 2 aromatic heterocycles. The van der Waals surface area contributed by atoms with Gasteiger partial charge < -0.3 is 9.26 Å². The first kappa shape index (κ1) is 13.7. The largest absolute Gasteiger partial charge is 0.468 e. The van der Waals surface area contributed by atoms with Crippen LogP contribution in [-0.4, -0.2) is 33.2 Å². The van der Waals surface area contributed by atoms with Crippen molar-refractivity contribution in [1.82, 2.24) is 20.1 Å². The zero-order chi connectivity index (χ0) is 14.7. The summed E-state index contributed by atoms with van der Waals surface area (Å²) in [6, 6.07) is 1.69. The van der Waals surface area contributed by atoms with Crippen LogP contribution in [0.5, 0.6) is 0 Å². The van der Waals surface area contributed by atoms with E-state index in [2.05, 4.69) is 20.1 Å². The van der Waals surface area contributed by atoms with E-state index in [1.807, 2.05) is 0 Å². The molecule has 0 radical (unpaired) electrons. The fraction of sp³-hybridized carbons (Fsp3) is 0.500.